The summed E-state index contributed by atoms with van der Waals surface area (Å²) in [5, 5.41) is 9.02. The number of halogens is 1. The maximum Gasteiger partial charge on any atom is 0.320 e. The minimum atomic E-state index is -0.567. The van der Waals surface area contributed by atoms with E-state index in [1.54, 1.807) is 18.3 Å². The molecule has 0 aliphatic carbocycles. The molecule has 1 aromatic heterocycles. The van der Waals surface area contributed by atoms with Gasteiger partial charge in [-0.25, -0.2) is 9.37 Å². The zero-order chi connectivity index (χ0) is 25.9. The Balaban J connectivity index is 0.00000176. The molecule has 0 aliphatic rings. The molecule has 0 saturated heterocycles. The van der Waals surface area contributed by atoms with Crippen molar-refractivity contribution in [1.29, 1.82) is 5.26 Å². The van der Waals surface area contributed by atoms with Gasteiger partial charge in [-0.2, -0.15) is 10.2 Å². The third-order valence-corrected chi connectivity index (χ3v) is 5.39. The topological polar surface area (TPSA) is 68.0 Å². The fourth-order valence-corrected chi connectivity index (χ4v) is 3.50. The fourth-order valence-electron chi connectivity index (χ4n) is 3.50. The van der Waals surface area contributed by atoms with E-state index >= 15 is 0 Å². The van der Waals surface area contributed by atoms with Crippen LogP contribution in [0.4, 0.5) is 4.39 Å². The lowest BCUT2D eigenvalue weighted by molar-refractivity contribution is 0.257. The molecule has 0 saturated carbocycles. The summed E-state index contributed by atoms with van der Waals surface area (Å²) in [5.41, 5.74) is 5.63. The fraction of sp³-hybridized carbons (Fsp3) is 0.167. The Kier molecular flexibility index (Phi) is 9.30. The Morgan fingerprint density at radius 1 is 1.00 bits per heavy atom. The number of benzene rings is 3. The summed E-state index contributed by atoms with van der Waals surface area (Å²) in [6, 6.07) is 22.5. The molecule has 4 rings (SSSR count). The molecule has 0 bridgehead atoms. The second-order valence-corrected chi connectivity index (χ2v) is 7.58. The Labute approximate surface area is 211 Å². The van der Waals surface area contributed by atoms with Gasteiger partial charge in [0.15, 0.2) is 0 Å². The molecule has 5 nitrogen and oxygen atoms in total. The van der Waals surface area contributed by atoms with Crippen LogP contribution >= 0.6 is 0 Å². The van der Waals surface area contributed by atoms with Gasteiger partial charge < -0.3 is 9.47 Å². The number of aromatic nitrogens is 2. The summed E-state index contributed by atoms with van der Waals surface area (Å²) in [5.74, 6) is -0.278. The molecule has 0 fully saturated rings. The number of nitrogens with zero attached hydrogens (tertiary/aromatic N) is 3. The summed E-state index contributed by atoms with van der Waals surface area (Å²) < 4.78 is 25.3. The van der Waals surface area contributed by atoms with Crippen LogP contribution in [0.3, 0.4) is 0 Å². The molecule has 4 aromatic rings. The number of nitriles is 1. The molecule has 0 radical (unpaired) electrons. The van der Waals surface area contributed by atoms with Gasteiger partial charge in [-0.15, -0.1) is 0 Å². The molecule has 0 atom stereocenters. The maximum absolute atomic E-state index is 13.6. The first kappa shape index (κ1) is 26.1. The van der Waals surface area contributed by atoms with Crippen molar-refractivity contribution in [2.45, 2.75) is 34.0 Å². The zero-order valence-electron chi connectivity index (χ0n) is 20.7. The normalized spacial score (nSPS) is 9.97. The zero-order valence-corrected chi connectivity index (χ0v) is 20.7. The van der Waals surface area contributed by atoms with Crippen molar-refractivity contribution in [3.63, 3.8) is 0 Å². The minimum absolute atomic E-state index is 0.0372. The molecule has 0 aliphatic heterocycles. The van der Waals surface area contributed by atoms with E-state index in [0.29, 0.717) is 17.7 Å². The largest absolute Gasteiger partial charge is 0.472 e. The Morgan fingerprint density at radius 3 is 2.50 bits per heavy atom. The molecular formula is C30H28FN3O2. The lowest BCUT2D eigenvalue weighted by atomic mass is 9.97. The highest BCUT2D eigenvalue weighted by atomic mass is 19.1. The Bertz CT molecular complexity index is 1360. The van der Waals surface area contributed by atoms with Gasteiger partial charge in [0.05, 0.1) is 11.1 Å². The second kappa shape index (κ2) is 12.8. The molecule has 1 heterocycles. The smallest absolute Gasteiger partial charge is 0.320 e. The lowest BCUT2D eigenvalue weighted by Crippen LogP contribution is -2.05. The number of hydrogen-bond donors (Lipinski definition) is 0. The van der Waals surface area contributed by atoms with Crippen molar-refractivity contribution >= 4 is 6.08 Å². The van der Waals surface area contributed by atoms with E-state index in [9.17, 15) is 4.39 Å². The summed E-state index contributed by atoms with van der Waals surface area (Å²) >= 11 is 0. The molecule has 182 valence electrons. The molecule has 36 heavy (non-hydrogen) atoms. The van der Waals surface area contributed by atoms with Gasteiger partial charge in [0.2, 0.25) is 5.88 Å². The van der Waals surface area contributed by atoms with E-state index in [0.717, 1.165) is 22.3 Å². The van der Waals surface area contributed by atoms with Gasteiger partial charge >= 0.3 is 6.01 Å². The molecular weight excluding hydrogens is 453 g/mol. The standard InChI is InChI=1S/C28H22FN3O2.C2H6/c1-3-21-16-31-28(32-27(21)33-17-20-12-13-26(29)24(14-20)15-30)34-18-23-10-7-11-25(19(23)2)22-8-5-4-6-9-22;1-2/h3-14,16H,1,17-18H2,2H3;1-2H3. The van der Waals surface area contributed by atoms with Gasteiger partial charge in [0, 0.05) is 6.20 Å². The average molecular weight is 482 g/mol. The first-order valence-electron chi connectivity index (χ1n) is 11.7. The highest BCUT2D eigenvalue weighted by Gasteiger charge is 2.11. The second-order valence-electron chi connectivity index (χ2n) is 7.58. The highest BCUT2D eigenvalue weighted by Crippen LogP contribution is 2.27. The van der Waals surface area contributed by atoms with Gasteiger partial charge in [0.25, 0.3) is 0 Å². The lowest BCUT2D eigenvalue weighted by Gasteiger charge is -2.13. The molecule has 0 unspecified atom stereocenters. The number of rotatable bonds is 8. The Hall–Kier alpha value is -4.50. The first-order valence-corrected chi connectivity index (χ1v) is 11.7. The van der Waals surface area contributed by atoms with E-state index in [1.807, 2.05) is 50.2 Å². The predicted molar refractivity (Wildman–Crippen MR) is 140 cm³/mol. The van der Waals surface area contributed by atoms with Crippen LogP contribution in [0.2, 0.25) is 0 Å². The van der Waals surface area contributed by atoms with Crippen molar-refractivity contribution in [1.82, 2.24) is 9.97 Å². The minimum Gasteiger partial charge on any atom is -0.472 e. The van der Waals surface area contributed by atoms with Crippen LogP contribution in [0, 0.1) is 24.1 Å². The van der Waals surface area contributed by atoms with Crippen molar-refractivity contribution in [2.75, 3.05) is 0 Å². The maximum atomic E-state index is 13.6. The van der Waals surface area contributed by atoms with Crippen LogP contribution in [0.25, 0.3) is 17.2 Å². The summed E-state index contributed by atoms with van der Waals surface area (Å²) in [6.45, 7) is 10.2. The Morgan fingerprint density at radius 2 is 1.78 bits per heavy atom. The molecule has 3 aromatic carbocycles. The van der Waals surface area contributed by atoms with Crippen molar-refractivity contribution in [3.05, 3.63) is 113 Å². The van der Waals surface area contributed by atoms with Crippen molar-refractivity contribution in [3.8, 4) is 29.1 Å². The molecule has 6 heteroatoms. The van der Waals surface area contributed by atoms with Crippen LogP contribution < -0.4 is 9.47 Å². The van der Waals surface area contributed by atoms with Crippen LogP contribution in [-0.2, 0) is 13.2 Å². The van der Waals surface area contributed by atoms with E-state index in [1.165, 1.54) is 12.1 Å². The van der Waals surface area contributed by atoms with Crippen LogP contribution in [0.5, 0.6) is 11.9 Å². The van der Waals surface area contributed by atoms with E-state index < -0.39 is 5.82 Å². The molecule has 0 amide bonds. The van der Waals surface area contributed by atoms with Crippen LogP contribution in [0.15, 0.2) is 79.5 Å². The van der Waals surface area contributed by atoms with Crippen LogP contribution in [-0.4, -0.2) is 9.97 Å². The summed E-state index contributed by atoms with van der Waals surface area (Å²) in [7, 11) is 0. The van der Waals surface area contributed by atoms with E-state index in [2.05, 4.69) is 41.7 Å². The predicted octanol–water partition coefficient (Wildman–Crippen LogP) is 7.29. The average Bonchev–Trinajstić information content (AvgIpc) is 2.93. The number of ether oxygens (including phenoxy) is 2. The van der Waals surface area contributed by atoms with E-state index in [-0.39, 0.29) is 24.1 Å². The van der Waals surface area contributed by atoms with Gasteiger partial charge in [-0.05, 0) is 46.9 Å². The quantitative estimate of drug-likeness (QED) is 0.264. The summed E-state index contributed by atoms with van der Waals surface area (Å²) in [4.78, 5) is 8.63. The van der Waals surface area contributed by atoms with Gasteiger partial charge in [0.1, 0.15) is 25.1 Å². The van der Waals surface area contributed by atoms with Crippen molar-refractivity contribution in [2.24, 2.45) is 0 Å². The third-order valence-electron chi connectivity index (χ3n) is 5.39. The SMILES string of the molecule is C=Cc1cnc(OCc2cccc(-c3ccccc3)c2C)nc1OCc1ccc(F)c(C#N)c1.CC. The summed E-state index contributed by atoms with van der Waals surface area (Å²) in [6.07, 6.45) is 3.15. The molecule has 0 N–H and O–H groups in total. The van der Waals surface area contributed by atoms with E-state index in [4.69, 9.17) is 14.7 Å². The highest BCUT2D eigenvalue weighted by molar-refractivity contribution is 5.68. The molecule has 0 spiro atoms. The first-order chi connectivity index (χ1) is 17.6. The monoisotopic (exact) mass is 481 g/mol. The third kappa shape index (κ3) is 6.34. The van der Waals surface area contributed by atoms with Crippen LogP contribution in [0.1, 0.15) is 41.7 Å². The van der Waals surface area contributed by atoms with Gasteiger partial charge in [-0.3, -0.25) is 0 Å². The van der Waals surface area contributed by atoms with Gasteiger partial charge in [-0.1, -0.05) is 81.1 Å². The number of hydrogen-bond acceptors (Lipinski definition) is 5. The van der Waals surface area contributed by atoms with Crippen molar-refractivity contribution < 1.29 is 13.9 Å².